The van der Waals surface area contributed by atoms with E-state index in [-0.39, 0.29) is 0 Å². The van der Waals surface area contributed by atoms with Crippen molar-refractivity contribution in [3.63, 3.8) is 0 Å². The van der Waals surface area contributed by atoms with E-state index in [0.29, 0.717) is 18.5 Å². The second-order valence-electron chi connectivity index (χ2n) is 5.62. The molecular weight excluding hydrogens is 264 g/mol. The monoisotopic (exact) mass is 284 g/mol. The van der Waals surface area contributed by atoms with Crippen LogP contribution in [0.25, 0.3) is 0 Å². The molecule has 0 heterocycles. The number of hydrogen-bond donors (Lipinski definition) is 1. The molecule has 0 unspecified atom stereocenters. The number of carbonyl (C=O) groups excluding carboxylic acids is 1. The summed E-state index contributed by atoms with van der Waals surface area (Å²) in [5.74, 6) is 6.03. The van der Waals surface area contributed by atoms with Crippen molar-refractivity contribution in [2.75, 3.05) is 6.54 Å². The standard InChI is InChI=1S/C17H20N2O2/c1-13-11-14(12-18)8-9-15(13)7-5-6-10-19-16(20)21-17(2,3)4/h8-9,11H,6,10H2,1-4H3,(H,19,20). The van der Waals surface area contributed by atoms with Gasteiger partial charge in [0.15, 0.2) is 0 Å². The van der Waals surface area contributed by atoms with E-state index >= 15 is 0 Å². The minimum absolute atomic E-state index is 0.432. The number of nitrogens with one attached hydrogen (secondary N) is 1. The van der Waals surface area contributed by atoms with Gasteiger partial charge < -0.3 is 10.1 Å². The molecule has 1 aromatic carbocycles. The van der Waals surface area contributed by atoms with Crippen molar-refractivity contribution in [1.82, 2.24) is 5.32 Å². The number of rotatable bonds is 2. The fourth-order valence-electron chi connectivity index (χ4n) is 1.57. The summed E-state index contributed by atoms with van der Waals surface area (Å²) in [7, 11) is 0. The molecule has 110 valence electrons. The Morgan fingerprint density at radius 1 is 1.38 bits per heavy atom. The van der Waals surface area contributed by atoms with Gasteiger partial charge in [0.2, 0.25) is 0 Å². The highest BCUT2D eigenvalue weighted by Crippen LogP contribution is 2.09. The summed E-state index contributed by atoms with van der Waals surface area (Å²) in [5.41, 5.74) is 2.01. The van der Waals surface area contributed by atoms with Crippen molar-refractivity contribution in [2.24, 2.45) is 0 Å². The quantitative estimate of drug-likeness (QED) is 0.670. The molecule has 1 amide bonds. The Balaban J connectivity index is 2.44. The first kappa shape index (κ1) is 16.6. The summed E-state index contributed by atoms with van der Waals surface area (Å²) in [6, 6.07) is 7.48. The van der Waals surface area contributed by atoms with Crippen molar-refractivity contribution < 1.29 is 9.53 Å². The molecule has 1 rings (SSSR count). The van der Waals surface area contributed by atoms with Crippen molar-refractivity contribution in [2.45, 2.75) is 39.7 Å². The Bertz CT molecular complexity index is 610. The topological polar surface area (TPSA) is 62.1 Å². The van der Waals surface area contributed by atoms with Gasteiger partial charge in [-0.1, -0.05) is 11.8 Å². The normalized spacial score (nSPS) is 10.0. The zero-order valence-corrected chi connectivity index (χ0v) is 12.9. The lowest BCUT2D eigenvalue weighted by molar-refractivity contribution is 0.0529. The summed E-state index contributed by atoms with van der Waals surface area (Å²) in [6.07, 6.45) is 0.109. The SMILES string of the molecule is Cc1cc(C#N)ccc1C#CCCNC(=O)OC(C)(C)C. The molecule has 0 aliphatic rings. The minimum atomic E-state index is -0.491. The summed E-state index contributed by atoms with van der Waals surface area (Å²) in [4.78, 5) is 11.4. The maximum Gasteiger partial charge on any atom is 0.407 e. The summed E-state index contributed by atoms with van der Waals surface area (Å²) in [5, 5.41) is 11.4. The van der Waals surface area contributed by atoms with Crippen LogP contribution in [0.4, 0.5) is 4.79 Å². The lowest BCUT2D eigenvalue weighted by Gasteiger charge is -2.19. The van der Waals surface area contributed by atoms with Crippen molar-refractivity contribution >= 4 is 6.09 Å². The van der Waals surface area contributed by atoms with E-state index in [1.165, 1.54) is 0 Å². The molecule has 0 fully saturated rings. The van der Waals surface area contributed by atoms with E-state index < -0.39 is 11.7 Å². The lowest BCUT2D eigenvalue weighted by Crippen LogP contribution is -2.32. The number of ether oxygens (including phenoxy) is 1. The zero-order chi connectivity index (χ0) is 15.9. The highest BCUT2D eigenvalue weighted by Gasteiger charge is 2.15. The number of nitrogens with zero attached hydrogens (tertiary/aromatic N) is 1. The molecule has 0 atom stereocenters. The van der Waals surface area contributed by atoms with Crippen LogP contribution >= 0.6 is 0 Å². The fraction of sp³-hybridized carbons (Fsp3) is 0.412. The molecule has 0 aromatic heterocycles. The van der Waals surface area contributed by atoms with Gasteiger partial charge in [0.1, 0.15) is 5.60 Å². The Morgan fingerprint density at radius 2 is 2.10 bits per heavy atom. The average molecular weight is 284 g/mol. The molecule has 0 saturated carbocycles. The van der Waals surface area contributed by atoms with E-state index in [4.69, 9.17) is 10.00 Å². The van der Waals surface area contributed by atoms with Gasteiger partial charge >= 0.3 is 6.09 Å². The smallest absolute Gasteiger partial charge is 0.407 e. The molecule has 0 radical (unpaired) electrons. The Labute approximate surface area is 126 Å². The largest absolute Gasteiger partial charge is 0.444 e. The van der Waals surface area contributed by atoms with Crippen molar-refractivity contribution in [3.8, 4) is 17.9 Å². The third-order valence-electron chi connectivity index (χ3n) is 2.50. The fourth-order valence-corrected chi connectivity index (χ4v) is 1.57. The summed E-state index contributed by atoms with van der Waals surface area (Å²) < 4.78 is 5.12. The first-order chi connectivity index (χ1) is 9.81. The predicted molar refractivity (Wildman–Crippen MR) is 81.6 cm³/mol. The molecule has 0 saturated heterocycles. The van der Waals surface area contributed by atoms with E-state index in [0.717, 1.165) is 11.1 Å². The number of aryl methyl sites for hydroxylation is 1. The first-order valence-corrected chi connectivity index (χ1v) is 6.78. The van der Waals surface area contributed by atoms with Crippen molar-refractivity contribution in [1.29, 1.82) is 5.26 Å². The second-order valence-corrected chi connectivity index (χ2v) is 5.62. The molecule has 0 aliphatic carbocycles. The van der Waals surface area contributed by atoms with Gasteiger partial charge in [-0.3, -0.25) is 0 Å². The van der Waals surface area contributed by atoms with Crippen LogP contribution < -0.4 is 5.32 Å². The third-order valence-corrected chi connectivity index (χ3v) is 2.50. The van der Waals surface area contributed by atoms with Crippen LogP contribution in [0.5, 0.6) is 0 Å². The average Bonchev–Trinajstić information content (AvgIpc) is 2.37. The second kappa shape index (κ2) is 7.36. The van der Waals surface area contributed by atoms with Gasteiger partial charge in [0, 0.05) is 18.5 Å². The number of alkyl carbamates (subject to hydrolysis) is 1. The van der Waals surface area contributed by atoms with Crippen molar-refractivity contribution in [3.05, 3.63) is 34.9 Å². The minimum Gasteiger partial charge on any atom is -0.444 e. The maximum absolute atomic E-state index is 11.4. The van der Waals surface area contributed by atoms with E-state index in [1.807, 2.05) is 39.8 Å². The number of carbonyl (C=O) groups is 1. The maximum atomic E-state index is 11.4. The molecule has 4 heteroatoms. The summed E-state index contributed by atoms with van der Waals surface area (Å²) in [6.45, 7) is 7.82. The van der Waals surface area contributed by atoms with Crippen LogP contribution in [0, 0.1) is 30.1 Å². The number of hydrogen-bond acceptors (Lipinski definition) is 3. The highest BCUT2D eigenvalue weighted by molar-refractivity contribution is 5.67. The number of benzene rings is 1. The Kier molecular flexibility index (Phi) is 5.81. The molecule has 1 N–H and O–H groups in total. The summed E-state index contributed by atoms with van der Waals surface area (Å²) >= 11 is 0. The van der Waals surface area contributed by atoms with Gasteiger partial charge in [-0.25, -0.2) is 4.79 Å². The Morgan fingerprint density at radius 3 is 2.67 bits per heavy atom. The van der Waals surface area contributed by atoms with E-state index in [2.05, 4.69) is 23.2 Å². The highest BCUT2D eigenvalue weighted by atomic mass is 16.6. The zero-order valence-electron chi connectivity index (χ0n) is 12.9. The molecule has 0 bridgehead atoms. The molecule has 0 spiro atoms. The molecular formula is C17H20N2O2. The van der Waals surface area contributed by atoms with Gasteiger partial charge in [-0.2, -0.15) is 5.26 Å². The van der Waals surface area contributed by atoms with Crippen LogP contribution in [0.1, 0.15) is 43.9 Å². The number of nitriles is 1. The van der Waals surface area contributed by atoms with Crippen LogP contribution in [0.3, 0.4) is 0 Å². The van der Waals surface area contributed by atoms with E-state index in [1.54, 1.807) is 6.07 Å². The Hall–Kier alpha value is -2.46. The van der Waals surface area contributed by atoms with Crippen LogP contribution in [0.15, 0.2) is 18.2 Å². The molecule has 1 aromatic rings. The predicted octanol–water partition coefficient (Wildman–Crippen LogP) is 3.13. The van der Waals surface area contributed by atoms with Gasteiger partial charge in [0.05, 0.1) is 11.6 Å². The third kappa shape index (κ3) is 6.49. The van der Waals surface area contributed by atoms with Crippen LogP contribution in [-0.4, -0.2) is 18.2 Å². The molecule has 4 nitrogen and oxygen atoms in total. The molecule has 0 aliphatic heterocycles. The lowest BCUT2D eigenvalue weighted by atomic mass is 10.1. The van der Waals surface area contributed by atoms with Gasteiger partial charge in [-0.05, 0) is 51.5 Å². The number of amides is 1. The van der Waals surface area contributed by atoms with Gasteiger partial charge in [0.25, 0.3) is 0 Å². The van der Waals surface area contributed by atoms with Crippen LogP contribution in [0.2, 0.25) is 0 Å². The van der Waals surface area contributed by atoms with Crippen LogP contribution in [-0.2, 0) is 4.74 Å². The van der Waals surface area contributed by atoms with E-state index in [9.17, 15) is 4.79 Å². The molecule has 21 heavy (non-hydrogen) atoms. The first-order valence-electron chi connectivity index (χ1n) is 6.78. The van der Waals surface area contributed by atoms with Gasteiger partial charge in [-0.15, -0.1) is 0 Å².